The molecule has 0 spiro atoms. The van der Waals surface area contributed by atoms with Crippen molar-refractivity contribution in [1.82, 2.24) is 0 Å². The molecule has 0 radical (unpaired) electrons. The van der Waals surface area contributed by atoms with Gasteiger partial charge in [-0.3, -0.25) is 0 Å². The minimum atomic E-state index is -0.718. The number of esters is 1. The van der Waals surface area contributed by atoms with E-state index in [0.717, 1.165) is 11.8 Å². The van der Waals surface area contributed by atoms with Gasteiger partial charge in [0.1, 0.15) is 27.8 Å². The fourth-order valence-electron chi connectivity index (χ4n) is 2.79. The van der Waals surface area contributed by atoms with Crippen LogP contribution in [0.4, 0.5) is 5.69 Å². The Kier molecular flexibility index (Phi) is 6.68. The Hall–Kier alpha value is -3.39. The number of hydrogen-bond acceptors (Lipinski definition) is 8. The summed E-state index contributed by atoms with van der Waals surface area (Å²) in [4.78, 5) is 17.2. The maximum atomic E-state index is 12.3. The predicted molar refractivity (Wildman–Crippen MR) is 117 cm³/mol. The highest BCUT2D eigenvalue weighted by atomic mass is 32.2. The summed E-state index contributed by atoms with van der Waals surface area (Å²) in [6.45, 7) is 2.21. The zero-order valence-electron chi connectivity index (χ0n) is 16.7. The molecule has 7 nitrogen and oxygen atoms in total. The first-order valence-electron chi connectivity index (χ1n) is 9.08. The number of methoxy groups -OCH3 is 2. The number of benzene rings is 2. The summed E-state index contributed by atoms with van der Waals surface area (Å²) in [5.74, 6) is -0.204. The molecule has 30 heavy (non-hydrogen) atoms. The largest absolute Gasteiger partial charge is 0.506 e. The van der Waals surface area contributed by atoms with E-state index in [9.17, 15) is 15.0 Å². The Morgan fingerprint density at radius 3 is 2.53 bits per heavy atom. The maximum Gasteiger partial charge on any atom is 0.344 e. The number of carbonyl (C=O) groups is 1. The van der Waals surface area contributed by atoms with Crippen LogP contribution in [-0.4, -0.2) is 42.1 Å². The van der Waals surface area contributed by atoms with E-state index in [0.29, 0.717) is 34.3 Å². The second kappa shape index (κ2) is 9.41. The van der Waals surface area contributed by atoms with Gasteiger partial charge in [0.05, 0.1) is 25.7 Å². The van der Waals surface area contributed by atoms with E-state index in [2.05, 4.69) is 4.99 Å². The smallest absolute Gasteiger partial charge is 0.344 e. The Bertz CT molecular complexity index is 1060. The molecule has 2 aromatic carbocycles. The molecule has 1 aliphatic rings. The molecule has 2 N–H and O–H groups in total. The second-order valence-corrected chi connectivity index (χ2v) is 7.07. The number of carbonyl (C=O) groups excluding carboxylic acids is 1. The number of aliphatic imine (C=N–C) groups is 1. The lowest BCUT2D eigenvalue weighted by molar-refractivity contribution is -0.135. The van der Waals surface area contributed by atoms with Crippen LogP contribution in [-0.2, 0) is 9.53 Å². The summed E-state index contributed by atoms with van der Waals surface area (Å²) in [6.07, 6.45) is 1.56. The van der Waals surface area contributed by atoms with Gasteiger partial charge in [0.15, 0.2) is 11.5 Å². The number of aromatic hydroxyl groups is 1. The van der Waals surface area contributed by atoms with Crippen LogP contribution in [0, 0.1) is 0 Å². The van der Waals surface area contributed by atoms with Gasteiger partial charge in [-0.05, 0) is 31.2 Å². The Labute approximate surface area is 178 Å². The van der Waals surface area contributed by atoms with E-state index in [-0.39, 0.29) is 22.1 Å². The van der Waals surface area contributed by atoms with E-state index in [1.807, 2.05) is 6.92 Å². The standard InChI is InChI=1S/C22H21NO6S/c1-4-29-16-11-7-8-13(19(16)24)12-17-20(25)18(22(26)28-3)21(30-17)23-14-9-5-6-10-15(14)27-2/h5-12,24-25H,4H2,1-3H3. The van der Waals surface area contributed by atoms with Crippen molar-refractivity contribution in [2.45, 2.75) is 6.92 Å². The average Bonchev–Trinajstić information content (AvgIpc) is 3.05. The minimum absolute atomic E-state index is 0.0555. The zero-order chi connectivity index (χ0) is 21.7. The summed E-state index contributed by atoms with van der Waals surface area (Å²) in [5, 5.41) is 21.4. The summed E-state index contributed by atoms with van der Waals surface area (Å²) in [7, 11) is 2.75. The summed E-state index contributed by atoms with van der Waals surface area (Å²) >= 11 is 1.09. The normalized spacial score (nSPS) is 16.2. The molecule has 0 saturated carbocycles. The first-order chi connectivity index (χ1) is 14.5. The Morgan fingerprint density at radius 2 is 1.83 bits per heavy atom. The van der Waals surface area contributed by atoms with Crippen LogP contribution in [0.1, 0.15) is 12.5 Å². The molecule has 0 aliphatic carbocycles. The van der Waals surface area contributed by atoms with E-state index in [4.69, 9.17) is 14.2 Å². The number of ether oxygens (including phenoxy) is 3. The van der Waals surface area contributed by atoms with Crippen molar-refractivity contribution in [3.05, 3.63) is 64.3 Å². The Morgan fingerprint density at radius 1 is 1.10 bits per heavy atom. The summed E-state index contributed by atoms with van der Waals surface area (Å²) in [5.41, 5.74) is 0.872. The van der Waals surface area contributed by atoms with Gasteiger partial charge in [-0.1, -0.05) is 36.0 Å². The van der Waals surface area contributed by atoms with Gasteiger partial charge in [0.2, 0.25) is 0 Å². The molecule has 1 heterocycles. The van der Waals surface area contributed by atoms with Gasteiger partial charge in [0, 0.05) is 5.56 Å². The molecule has 0 saturated heterocycles. The number of para-hydroxylation sites is 3. The molecule has 0 atom stereocenters. The fourth-order valence-corrected chi connectivity index (χ4v) is 3.81. The van der Waals surface area contributed by atoms with Crippen molar-refractivity contribution in [1.29, 1.82) is 0 Å². The van der Waals surface area contributed by atoms with Gasteiger partial charge in [-0.2, -0.15) is 0 Å². The monoisotopic (exact) mass is 427 g/mol. The van der Waals surface area contributed by atoms with Crippen LogP contribution in [0.5, 0.6) is 17.2 Å². The third kappa shape index (κ3) is 4.28. The van der Waals surface area contributed by atoms with E-state index in [1.165, 1.54) is 14.2 Å². The highest BCUT2D eigenvalue weighted by Gasteiger charge is 2.33. The molecule has 2 aromatic rings. The number of rotatable bonds is 6. The number of nitrogens with zero attached hydrogens (tertiary/aromatic N) is 1. The molecule has 3 rings (SSSR count). The molecular formula is C22H21NO6S. The van der Waals surface area contributed by atoms with Crippen LogP contribution >= 0.6 is 11.8 Å². The van der Waals surface area contributed by atoms with Crippen molar-refractivity contribution in [3.8, 4) is 17.2 Å². The lowest BCUT2D eigenvalue weighted by Gasteiger charge is -2.08. The predicted octanol–water partition coefficient (Wildman–Crippen LogP) is 4.60. The van der Waals surface area contributed by atoms with Crippen molar-refractivity contribution in [3.63, 3.8) is 0 Å². The third-order valence-corrected chi connectivity index (χ3v) is 5.22. The molecule has 0 unspecified atom stereocenters. The molecule has 0 amide bonds. The van der Waals surface area contributed by atoms with Crippen molar-refractivity contribution in [2.75, 3.05) is 20.8 Å². The Balaban J connectivity index is 2.08. The number of phenolic OH excluding ortho intramolecular Hbond substituents is 1. The molecule has 0 aromatic heterocycles. The number of hydrogen-bond donors (Lipinski definition) is 2. The minimum Gasteiger partial charge on any atom is -0.506 e. The van der Waals surface area contributed by atoms with Crippen molar-refractivity contribution in [2.24, 2.45) is 4.99 Å². The fraction of sp³-hybridized carbons (Fsp3) is 0.182. The number of aliphatic hydroxyl groups excluding tert-OH is 1. The van der Waals surface area contributed by atoms with Crippen molar-refractivity contribution >= 4 is 34.5 Å². The SMILES string of the molecule is CCOc1cccc(C=C2SC(=Nc3ccccc3OC)C(C(=O)OC)=C2O)c1O. The summed E-state index contributed by atoms with van der Waals surface area (Å²) in [6, 6.07) is 12.1. The van der Waals surface area contributed by atoms with Crippen LogP contribution in [0.3, 0.4) is 0 Å². The van der Waals surface area contributed by atoms with E-state index in [1.54, 1.807) is 48.5 Å². The first-order valence-corrected chi connectivity index (χ1v) is 9.90. The second-order valence-electron chi connectivity index (χ2n) is 6.04. The van der Waals surface area contributed by atoms with Crippen LogP contribution in [0.15, 0.2) is 63.7 Å². The van der Waals surface area contributed by atoms with Gasteiger partial charge in [-0.25, -0.2) is 9.79 Å². The first kappa shape index (κ1) is 21.3. The lowest BCUT2D eigenvalue weighted by Crippen LogP contribution is -2.10. The van der Waals surface area contributed by atoms with Gasteiger partial charge >= 0.3 is 5.97 Å². The van der Waals surface area contributed by atoms with Gasteiger partial charge in [0.25, 0.3) is 0 Å². The lowest BCUT2D eigenvalue weighted by atomic mass is 10.1. The molecule has 0 fully saturated rings. The number of thioether (sulfide) groups is 1. The van der Waals surface area contributed by atoms with Crippen LogP contribution in [0.2, 0.25) is 0 Å². The highest BCUT2D eigenvalue weighted by molar-refractivity contribution is 8.18. The zero-order valence-corrected chi connectivity index (χ0v) is 17.5. The van der Waals surface area contributed by atoms with E-state index < -0.39 is 5.97 Å². The number of phenols is 1. The molecule has 1 aliphatic heterocycles. The van der Waals surface area contributed by atoms with Gasteiger partial charge in [-0.15, -0.1) is 0 Å². The number of aliphatic hydroxyl groups is 1. The maximum absolute atomic E-state index is 12.3. The molecule has 156 valence electrons. The average molecular weight is 427 g/mol. The van der Waals surface area contributed by atoms with Gasteiger partial charge < -0.3 is 24.4 Å². The van der Waals surface area contributed by atoms with Crippen molar-refractivity contribution < 1.29 is 29.2 Å². The summed E-state index contributed by atoms with van der Waals surface area (Å²) < 4.78 is 15.5. The molecule has 8 heteroatoms. The topological polar surface area (TPSA) is 97.6 Å². The molecular weight excluding hydrogens is 406 g/mol. The highest BCUT2D eigenvalue weighted by Crippen LogP contribution is 2.42. The third-order valence-electron chi connectivity index (χ3n) is 4.20. The van der Waals surface area contributed by atoms with Crippen LogP contribution < -0.4 is 9.47 Å². The van der Waals surface area contributed by atoms with Crippen LogP contribution in [0.25, 0.3) is 6.08 Å². The quantitative estimate of drug-likeness (QED) is 0.650. The molecule has 0 bridgehead atoms. The van der Waals surface area contributed by atoms with E-state index >= 15 is 0 Å².